The fraction of sp³-hybridized carbons (Fsp3) is 0.571. The molecule has 1 saturated heterocycles. The highest BCUT2D eigenvalue weighted by atomic mass is 19.2. The van der Waals surface area contributed by atoms with E-state index in [1.165, 1.54) is 0 Å². The first kappa shape index (κ1) is 12.3. The zero-order valence-electron chi connectivity index (χ0n) is 10.6. The van der Waals surface area contributed by atoms with Gasteiger partial charge in [0.1, 0.15) is 0 Å². The van der Waals surface area contributed by atoms with Crippen molar-refractivity contribution in [1.82, 2.24) is 0 Å². The normalized spacial score (nSPS) is 29.5. The minimum atomic E-state index is -0.749. The summed E-state index contributed by atoms with van der Waals surface area (Å²) >= 11 is 0. The van der Waals surface area contributed by atoms with Crippen molar-refractivity contribution in [1.29, 1.82) is 0 Å². The SMILES string of the molecule is CC.CC1C2CN(c3cccc(F)c3F)CC12. The van der Waals surface area contributed by atoms with Crippen LogP contribution in [0.25, 0.3) is 0 Å². The van der Waals surface area contributed by atoms with Gasteiger partial charge in [0.2, 0.25) is 0 Å². The van der Waals surface area contributed by atoms with Gasteiger partial charge in [-0.15, -0.1) is 0 Å². The average Bonchev–Trinajstić information content (AvgIpc) is 2.81. The number of piperidine rings is 1. The van der Waals surface area contributed by atoms with E-state index in [2.05, 4.69) is 6.92 Å². The first-order chi connectivity index (χ1) is 8.18. The molecule has 2 aliphatic rings. The summed E-state index contributed by atoms with van der Waals surface area (Å²) in [5.74, 6) is 0.728. The van der Waals surface area contributed by atoms with Gasteiger partial charge >= 0.3 is 0 Å². The Morgan fingerprint density at radius 3 is 2.29 bits per heavy atom. The van der Waals surface area contributed by atoms with Gasteiger partial charge in [0.25, 0.3) is 0 Å². The Morgan fingerprint density at radius 2 is 1.71 bits per heavy atom. The maximum atomic E-state index is 13.5. The van der Waals surface area contributed by atoms with Crippen LogP contribution in [0.2, 0.25) is 0 Å². The highest BCUT2D eigenvalue weighted by molar-refractivity contribution is 5.50. The molecule has 0 bridgehead atoms. The molecule has 2 fully saturated rings. The molecule has 2 atom stereocenters. The molecule has 1 aliphatic heterocycles. The molecule has 17 heavy (non-hydrogen) atoms. The van der Waals surface area contributed by atoms with E-state index in [-0.39, 0.29) is 0 Å². The Balaban J connectivity index is 0.000000514. The monoisotopic (exact) mass is 239 g/mol. The number of anilines is 1. The van der Waals surface area contributed by atoms with E-state index >= 15 is 0 Å². The van der Waals surface area contributed by atoms with Crippen molar-refractivity contribution >= 4 is 5.69 Å². The number of hydrogen-bond donors (Lipinski definition) is 0. The largest absolute Gasteiger partial charge is 0.368 e. The molecule has 1 heterocycles. The summed E-state index contributed by atoms with van der Waals surface area (Å²) in [5, 5.41) is 0. The van der Waals surface area contributed by atoms with E-state index in [4.69, 9.17) is 0 Å². The van der Waals surface area contributed by atoms with Crippen molar-refractivity contribution in [2.24, 2.45) is 17.8 Å². The van der Waals surface area contributed by atoms with E-state index in [1.807, 2.05) is 18.7 Å². The van der Waals surface area contributed by atoms with Gasteiger partial charge in [0, 0.05) is 13.1 Å². The predicted molar refractivity (Wildman–Crippen MR) is 66.1 cm³/mol. The van der Waals surface area contributed by atoms with Crippen LogP contribution in [0.5, 0.6) is 0 Å². The van der Waals surface area contributed by atoms with Crippen LogP contribution < -0.4 is 4.90 Å². The third-order valence-corrected chi connectivity index (χ3v) is 3.89. The zero-order valence-corrected chi connectivity index (χ0v) is 10.6. The fourth-order valence-electron chi connectivity index (χ4n) is 2.76. The van der Waals surface area contributed by atoms with Gasteiger partial charge in [-0.2, -0.15) is 0 Å². The van der Waals surface area contributed by atoms with Gasteiger partial charge in [-0.1, -0.05) is 26.8 Å². The summed E-state index contributed by atoms with van der Waals surface area (Å²) in [7, 11) is 0. The molecular formula is C14H19F2N. The van der Waals surface area contributed by atoms with Crippen molar-refractivity contribution in [2.45, 2.75) is 20.8 Å². The van der Waals surface area contributed by atoms with Crippen LogP contribution in [-0.4, -0.2) is 13.1 Å². The first-order valence-corrected chi connectivity index (χ1v) is 6.37. The smallest absolute Gasteiger partial charge is 0.182 e. The molecule has 3 rings (SSSR count). The molecule has 3 heteroatoms. The maximum absolute atomic E-state index is 13.5. The lowest BCUT2D eigenvalue weighted by Crippen LogP contribution is -2.24. The molecule has 1 saturated carbocycles. The summed E-state index contributed by atoms with van der Waals surface area (Å²) in [4.78, 5) is 1.97. The van der Waals surface area contributed by atoms with Gasteiger partial charge in [-0.3, -0.25) is 0 Å². The number of benzene rings is 1. The second-order valence-corrected chi connectivity index (χ2v) is 4.66. The number of hydrogen-bond acceptors (Lipinski definition) is 1. The molecule has 0 radical (unpaired) electrons. The predicted octanol–water partition coefficient (Wildman–Crippen LogP) is 3.69. The molecule has 1 aromatic rings. The lowest BCUT2D eigenvalue weighted by Gasteiger charge is -2.21. The van der Waals surface area contributed by atoms with E-state index in [0.29, 0.717) is 17.5 Å². The van der Waals surface area contributed by atoms with Crippen LogP contribution in [0, 0.1) is 29.4 Å². The molecule has 0 N–H and O–H groups in total. The van der Waals surface area contributed by atoms with Gasteiger partial charge in [-0.25, -0.2) is 8.78 Å². The van der Waals surface area contributed by atoms with Gasteiger partial charge in [0.05, 0.1) is 5.69 Å². The Hall–Kier alpha value is -1.12. The molecule has 1 nitrogen and oxygen atoms in total. The van der Waals surface area contributed by atoms with Crippen LogP contribution in [0.1, 0.15) is 20.8 Å². The van der Waals surface area contributed by atoms with E-state index < -0.39 is 11.6 Å². The molecule has 0 amide bonds. The number of halogens is 2. The third-order valence-electron chi connectivity index (χ3n) is 3.89. The van der Waals surface area contributed by atoms with Crippen LogP contribution in [-0.2, 0) is 0 Å². The molecule has 2 unspecified atom stereocenters. The highest BCUT2D eigenvalue weighted by Gasteiger charge is 2.52. The third kappa shape index (κ3) is 2.03. The minimum absolute atomic E-state index is 0.425. The van der Waals surface area contributed by atoms with Gasteiger partial charge < -0.3 is 4.90 Å². The summed E-state index contributed by atoms with van der Waals surface area (Å²) in [5.41, 5.74) is 0.425. The zero-order chi connectivity index (χ0) is 12.6. The topological polar surface area (TPSA) is 3.24 Å². The quantitative estimate of drug-likeness (QED) is 0.722. The standard InChI is InChI=1S/C12H13F2N.C2H6/c1-7-8-5-15(6-9(7)8)11-4-2-3-10(13)12(11)14;1-2/h2-4,7-9H,5-6H2,1H3;1-2H3. The van der Waals surface area contributed by atoms with E-state index in [9.17, 15) is 8.78 Å². The lowest BCUT2D eigenvalue weighted by atomic mass is 10.2. The van der Waals surface area contributed by atoms with Crippen molar-refractivity contribution < 1.29 is 8.78 Å². The Kier molecular flexibility index (Phi) is 3.36. The van der Waals surface area contributed by atoms with Crippen LogP contribution in [0.15, 0.2) is 18.2 Å². The molecular weight excluding hydrogens is 220 g/mol. The van der Waals surface area contributed by atoms with E-state index in [0.717, 1.165) is 25.1 Å². The Bertz CT molecular complexity index is 393. The molecule has 1 aliphatic carbocycles. The van der Waals surface area contributed by atoms with Crippen LogP contribution >= 0.6 is 0 Å². The molecule has 0 spiro atoms. The minimum Gasteiger partial charge on any atom is -0.368 e. The molecule has 0 aromatic heterocycles. The van der Waals surface area contributed by atoms with Crippen molar-refractivity contribution in [3.63, 3.8) is 0 Å². The van der Waals surface area contributed by atoms with Crippen molar-refractivity contribution in [3.05, 3.63) is 29.8 Å². The van der Waals surface area contributed by atoms with Gasteiger partial charge in [0.15, 0.2) is 11.6 Å². The molecule has 94 valence electrons. The van der Waals surface area contributed by atoms with E-state index in [1.54, 1.807) is 12.1 Å². The summed E-state index contributed by atoms with van der Waals surface area (Å²) < 4.78 is 26.5. The number of fused-ring (bicyclic) bond motifs is 1. The van der Waals surface area contributed by atoms with Gasteiger partial charge in [-0.05, 0) is 29.9 Å². The average molecular weight is 239 g/mol. The number of rotatable bonds is 1. The fourth-order valence-corrected chi connectivity index (χ4v) is 2.76. The Labute approximate surface area is 101 Å². The van der Waals surface area contributed by atoms with Crippen LogP contribution in [0.4, 0.5) is 14.5 Å². The number of nitrogens with zero attached hydrogens (tertiary/aromatic N) is 1. The molecule has 1 aromatic carbocycles. The summed E-state index contributed by atoms with van der Waals surface area (Å²) in [6.07, 6.45) is 0. The first-order valence-electron chi connectivity index (χ1n) is 6.37. The highest BCUT2D eigenvalue weighted by Crippen LogP contribution is 2.52. The Morgan fingerprint density at radius 1 is 1.12 bits per heavy atom. The second kappa shape index (κ2) is 4.63. The van der Waals surface area contributed by atoms with Crippen molar-refractivity contribution in [2.75, 3.05) is 18.0 Å². The maximum Gasteiger partial charge on any atom is 0.182 e. The van der Waals surface area contributed by atoms with Crippen molar-refractivity contribution in [3.8, 4) is 0 Å². The summed E-state index contributed by atoms with van der Waals surface area (Å²) in [6.45, 7) is 7.99. The summed E-state index contributed by atoms with van der Waals surface area (Å²) in [6, 6.07) is 4.40. The van der Waals surface area contributed by atoms with Crippen LogP contribution in [0.3, 0.4) is 0 Å². The second-order valence-electron chi connectivity index (χ2n) is 4.66. The lowest BCUT2D eigenvalue weighted by molar-refractivity contribution is 0.505.